The highest BCUT2D eigenvalue weighted by molar-refractivity contribution is 6.31. The molecule has 0 spiro atoms. The van der Waals surface area contributed by atoms with Gasteiger partial charge in [0, 0.05) is 17.3 Å². The van der Waals surface area contributed by atoms with Crippen LogP contribution in [0.4, 0.5) is 10.5 Å². The Labute approximate surface area is 125 Å². The first-order valence-electron chi connectivity index (χ1n) is 7.07. The molecule has 0 radical (unpaired) electrons. The Hall–Kier alpha value is -1.26. The molecule has 1 N–H and O–H groups in total. The van der Waals surface area contributed by atoms with Crippen molar-refractivity contribution in [1.82, 2.24) is 4.90 Å². The molecule has 2 rings (SSSR count). The van der Waals surface area contributed by atoms with Crippen LogP contribution in [0.5, 0.6) is 0 Å². The Morgan fingerprint density at radius 1 is 1.35 bits per heavy atom. The summed E-state index contributed by atoms with van der Waals surface area (Å²) in [7, 11) is 0. The number of carbonyl (C=O) groups excluding carboxylic acids is 1. The summed E-state index contributed by atoms with van der Waals surface area (Å²) in [5.41, 5.74) is 1.64. The van der Waals surface area contributed by atoms with E-state index in [1.54, 1.807) is 6.07 Å². The number of ether oxygens (including phenoxy) is 1. The fourth-order valence-electron chi connectivity index (χ4n) is 2.27. The quantitative estimate of drug-likeness (QED) is 0.921. The first-order valence-corrected chi connectivity index (χ1v) is 7.45. The van der Waals surface area contributed by atoms with Gasteiger partial charge in [-0.3, -0.25) is 10.2 Å². The minimum absolute atomic E-state index is 0.422. The number of halogens is 1. The second kappa shape index (κ2) is 7.50. The number of hydrogen-bond acceptors (Lipinski definition) is 3. The topological polar surface area (TPSA) is 41.6 Å². The van der Waals surface area contributed by atoms with Crippen molar-refractivity contribution < 1.29 is 9.53 Å². The Kier molecular flexibility index (Phi) is 5.68. The zero-order valence-corrected chi connectivity index (χ0v) is 12.6. The van der Waals surface area contributed by atoms with Crippen molar-refractivity contribution in [3.8, 4) is 0 Å². The van der Waals surface area contributed by atoms with Crippen LogP contribution in [-0.2, 0) is 4.74 Å². The van der Waals surface area contributed by atoms with Gasteiger partial charge in [0.2, 0.25) is 0 Å². The monoisotopic (exact) mass is 296 g/mol. The van der Waals surface area contributed by atoms with Crippen molar-refractivity contribution in [3.63, 3.8) is 0 Å². The number of benzene rings is 1. The van der Waals surface area contributed by atoms with E-state index in [9.17, 15) is 4.79 Å². The maximum Gasteiger partial charge on any atom is 0.411 e. The molecule has 1 aromatic rings. The van der Waals surface area contributed by atoms with Gasteiger partial charge in [-0.1, -0.05) is 24.1 Å². The van der Waals surface area contributed by atoms with E-state index in [-0.39, 0.29) is 0 Å². The van der Waals surface area contributed by atoms with Gasteiger partial charge >= 0.3 is 6.09 Å². The van der Waals surface area contributed by atoms with Gasteiger partial charge in [0.15, 0.2) is 0 Å². The molecule has 5 heteroatoms. The first kappa shape index (κ1) is 15.1. The molecule has 110 valence electrons. The Morgan fingerprint density at radius 3 is 2.80 bits per heavy atom. The van der Waals surface area contributed by atoms with E-state index in [0.29, 0.717) is 17.3 Å². The van der Waals surface area contributed by atoms with E-state index >= 15 is 0 Å². The molecular weight excluding hydrogens is 276 g/mol. The van der Waals surface area contributed by atoms with Crippen molar-refractivity contribution >= 4 is 23.4 Å². The third-order valence-corrected chi connectivity index (χ3v) is 3.91. The molecular formula is C15H21ClN2O2. The summed E-state index contributed by atoms with van der Waals surface area (Å²) in [5.74, 6) is 0. The number of carbonyl (C=O) groups is 1. The summed E-state index contributed by atoms with van der Waals surface area (Å²) < 4.78 is 5.18. The van der Waals surface area contributed by atoms with Crippen LogP contribution < -0.4 is 5.32 Å². The van der Waals surface area contributed by atoms with Crippen molar-refractivity contribution in [2.45, 2.75) is 26.2 Å². The maximum atomic E-state index is 11.7. The lowest BCUT2D eigenvalue weighted by Gasteiger charge is -2.25. The number of rotatable bonds is 4. The van der Waals surface area contributed by atoms with Gasteiger partial charge in [0.1, 0.15) is 6.61 Å². The minimum atomic E-state index is -0.429. The molecule has 4 nitrogen and oxygen atoms in total. The van der Waals surface area contributed by atoms with E-state index in [0.717, 1.165) is 25.2 Å². The van der Waals surface area contributed by atoms with Crippen molar-refractivity contribution in [2.24, 2.45) is 0 Å². The van der Waals surface area contributed by atoms with Gasteiger partial charge in [0.25, 0.3) is 0 Å². The third-order valence-electron chi connectivity index (χ3n) is 3.51. The first-order chi connectivity index (χ1) is 9.65. The van der Waals surface area contributed by atoms with Gasteiger partial charge in [-0.2, -0.15) is 0 Å². The fraction of sp³-hybridized carbons (Fsp3) is 0.533. The van der Waals surface area contributed by atoms with Crippen LogP contribution in [0, 0.1) is 6.92 Å². The average Bonchev–Trinajstić information content (AvgIpc) is 2.44. The lowest BCUT2D eigenvalue weighted by atomic mass is 10.1. The number of likely N-dealkylation sites (tertiary alicyclic amines) is 1. The number of hydrogen-bond donors (Lipinski definition) is 1. The molecule has 0 saturated carbocycles. The van der Waals surface area contributed by atoms with Crippen molar-refractivity contribution in [3.05, 3.63) is 28.8 Å². The molecule has 1 aliphatic rings. The zero-order chi connectivity index (χ0) is 14.4. The number of anilines is 1. The molecule has 1 amide bonds. The molecule has 1 aromatic carbocycles. The number of nitrogens with one attached hydrogen (secondary N) is 1. The molecule has 1 fully saturated rings. The molecule has 0 unspecified atom stereocenters. The van der Waals surface area contributed by atoms with Crippen molar-refractivity contribution in [2.75, 3.05) is 31.6 Å². The fourth-order valence-corrected chi connectivity index (χ4v) is 2.46. The predicted octanol–water partition coefficient (Wildman–Crippen LogP) is 3.68. The van der Waals surface area contributed by atoms with E-state index < -0.39 is 6.09 Å². The Bertz CT molecular complexity index is 459. The van der Waals surface area contributed by atoms with Crippen LogP contribution in [0.2, 0.25) is 5.02 Å². The predicted molar refractivity (Wildman–Crippen MR) is 81.5 cm³/mol. The van der Waals surface area contributed by atoms with Crippen LogP contribution in [0.15, 0.2) is 18.2 Å². The Morgan fingerprint density at radius 2 is 2.10 bits per heavy atom. The lowest BCUT2D eigenvalue weighted by Crippen LogP contribution is -2.33. The summed E-state index contributed by atoms with van der Waals surface area (Å²) in [5, 5.41) is 3.32. The number of nitrogens with zero attached hydrogens (tertiary/aromatic N) is 1. The van der Waals surface area contributed by atoms with Crippen LogP contribution in [0.3, 0.4) is 0 Å². The van der Waals surface area contributed by atoms with Crippen LogP contribution in [-0.4, -0.2) is 37.2 Å². The normalized spacial score (nSPS) is 15.9. The number of piperidine rings is 1. The second-order valence-electron chi connectivity index (χ2n) is 5.13. The highest BCUT2D eigenvalue weighted by atomic mass is 35.5. The van der Waals surface area contributed by atoms with E-state index in [1.165, 1.54) is 19.3 Å². The zero-order valence-electron chi connectivity index (χ0n) is 11.8. The number of amides is 1. The molecule has 1 aliphatic heterocycles. The number of aryl methyl sites for hydroxylation is 1. The lowest BCUT2D eigenvalue weighted by molar-refractivity contribution is 0.131. The van der Waals surface area contributed by atoms with E-state index in [2.05, 4.69) is 10.2 Å². The summed E-state index contributed by atoms with van der Waals surface area (Å²) in [6, 6.07) is 5.40. The van der Waals surface area contributed by atoms with Crippen LogP contribution in [0.25, 0.3) is 0 Å². The van der Waals surface area contributed by atoms with E-state index in [1.807, 2.05) is 19.1 Å². The molecule has 1 saturated heterocycles. The summed E-state index contributed by atoms with van der Waals surface area (Å²) in [4.78, 5) is 14.0. The molecule has 20 heavy (non-hydrogen) atoms. The highest BCUT2D eigenvalue weighted by Gasteiger charge is 2.11. The summed E-state index contributed by atoms with van der Waals surface area (Å²) in [6.45, 7) is 5.37. The minimum Gasteiger partial charge on any atom is -0.448 e. The second-order valence-corrected chi connectivity index (χ2v) is 5.53. The van der Waals surface area contributed by atoms with Crippen LogP contribution >= 0.6 is 11.6 Å². The maximum absolute atomic E-state index is 11.7. The van der Waals surface area contributed by atoms with E-state index in [4.69, 9.17) is 16.3 Å². The Balaban J connectivity index is 1.70. The molecule has 1 heterocycles. The SMILES string of the molecule is Cc1ccc(NC(=O)OCCN2CCCCC2)cc1Cl. The van der Waals surface area contributed by atoms with Crippen molar-refractivity contribution in [1.29, 1.82) is 0 Å². The molecule has 0 aliphatic carbocycles. The summed E-state index contributed by atoms with van der Waals surface area (Å²) in [6.07, 6.45) is 3.37. The van der Waals surface area contributed by atoms with Gasteiger partial charge in [-0.15, -0.1) is 0 Å². The average molecular weight is 297 g/mol. The van der Waals surface area contributed by atoms with Gasteiger partial charge in [-0.05, 0) is 50.6 Å². The van der Waals surface area contributed by atoms with Gasteiger partial charge in [-0.25, -0.2) is 4.79 Å². The van der Waals surface area contributed by atoms with Crippen LogP contribution in [0.1, 0.15) is 24.8 Å². The smallest absolute Gasteiger partial charge is 0.411 e. The molecule has 0 aromatic heterocycles. The molecule has 0 bridgehead atoms. The van der Waals surface area contributed by atoms with Gasteiger partial charge < -0.3 is 4.74 Å². The summed E-state index contributed by atoms with van der Waals surface area (Å²) >= 11 is 6.00. The standard InChI is InChI=1S/C15H21ClN2O2/c1-12-5-6-13(11-14(12)16)17-15(19)20-10-9-18-7-3-2-4-8-18/h5-6,11H,2-4,7-10H2,1H3,(H,17,19). The largest absolute Gasteiger partial charge is 0.448 e. The molecule has 0 atom stereocenters. The third kappa shape index (κ3) is 4.69. The van der Waals surface area contributed by atoms with Gasteiger partial charge in [0.05, 0.1) is 0 Å². The highest BCUT2D eigenvalue weighted by Crippen LogP contribution is 2.20.